The van der Waals surface area contributed by atoms with Gasteiger partial charge < -0.3 is 4.90 Å². The molecule has 2 aromatic carbocycles. The molecule has 1 aliphatic carbocycles. The lowest BCUT2D eigenvalue weighted by Crippen LogP contribution is -2.49. The Morgan fingerprint density at radius 2 is 1.57 bits per heavy atom. The first kappa shape index (κ1) is 20.7. The van der Waals surface area contributed by atoms with Crippen LogP contribution in [0.3, 0.4) is 0 Å². The number of nitrogens with zero attached hydrogens (tertiary/aromatic N) is 2. The Bertz CT molecular complexity index is 876. The zero-order chi connectivity index (χ0) is 21.0. The maximum atomic E-state index is 12.6. The van der Waals surface area contributed by atoms with Crippen LogP contribution in [0.4, 0.5) is 5.69 Å². The van der Waals surface area contributed by atoms with Crippen LogP contribution in [0.15, 0.2) is 54.6 Å². The Balaban J connectivity index is 1.18. The molecule has 1 aliphatic heterocycles. The van der Waals surface area contributed by atoms with E-state index in [0.717, 1.165) is 44.6 Å². The third-order valence-corrected chi connectivity index (χ3v) is 6.30. The summed E-state index contributed by atoms with van der Waals surface area (Å²) in [5.41, 5.74) is 6.85. The van der Waals surface area contributed by atoms with Gasteiger partial charge in [-0.2, -0.15) is 0 Å². The average Bonchev–Trinajstić information content (AvgIpc) is 3.59. The Morgan fingerprint density at radius 3 is 2.20 bits per heavy atom. The lowest BCUT2D eigenvalue weighted by atomic mass is 9.95. The van der Waals surface area contributed by atoms with Crippen molar-refractivity contribution in [3.05, 3.63) is 65.2 Å². The summed E-state index contributed by atoms with van der Waals surface area (Å²) < 4.78 is 0. The molecule has 0 unspecified atom stereocenters. The summed E-state index contributed by atoms with van der Waals surface area (Å²) in [6, 6.07) is 17.7. The van der Waals surface area contributed by atoms with E-state index in [1.807, 2.05) is 18.2 Å². The number of nitrogens with one attached hydrogen (secondary N) is 2. The first-order valence-electron chi connectivity index (χ1n) is 10.4. The number of benzene rings is 2. The fraction of sp³-hybridized carbons (Fsp3) is 0.391. The molecule has 2 aliphatic rings. The highest BCUT2D eigenvalue weighted by molar-refractivity contribution is 6.30. The van der Waals surface area contributed by atoms with Crippen molar-refractivity contribution in [2.75, 3.05) is 37.6 Å². The van der Waals surface area contributed by atoms with Crippen LogP contribution < -0.4 is 15.8 Å². The molecule has 0 aromatic heterocycles. The molecule has 2 aromatic rings. The summed E-state index contributed by atoms with van der Waals surface area (Å²) in [5, 5.41) is 0.646. The maximum Gasteiger partial charge on any atom is 0.249 e. The second-order valence-corrected chi connectivity index (χ2v) is 8.44. The molecule has 1 saturated heterocycles. The monoisotopic (exact) mass is 426 g/mol. The fourth-order valence-electron chi connectivity index (χ4n) is 3.98. The molecule has 2 fully saturated rings. The Hall–Kier alpha value is -2.57. The molecule has 2 amide bonds. The van der Waals surface area contributed by atoms with Gasteiger partial charge in [0.1, 0.15) is 0 Å². The van der Waals surface area contributed by atoms with E-state index in [0.29, 0.717) is 18.0 Å². The third kappa shape index (κ3) is 4.77. The standard InChI is InChI=1S/C23H27ClN4O2/c24-19-8-6-18(7-9-19)23(11-12-23)22(30)26-25-21(29)10-13-27-14-16-28(17-15-27)20-4-2-1-3-5-20/h1-9H,10-17H2,(H,25,29)(H,26,30). The van der Waals surface area contributed by atoms with Crippen LogP contribution in [0.1, 0.15) is 24.8 Å². The van der Waals surface area contributed by atoms with Gasteiger partial charge in [0, 0.05) is 49.9 Å². The highest BCUT2D eigenvalue weighted by Gasteiger charge is 2.51. The highest BCUT2D eigenvalue weighted by Crippen LogP contribution is 2.48. The largest absolute Gasteiger partial charge is 0.369 e. The molecule has 6 nitrogen and oxygen atoms in total. The Morgan fingerprint density at radius 1 is 0.900 bits per heavy atom. The van der Waals surface area contributed by atoms with Crippen molar-refractivity contribution < 1.29 is 9.59 Å². The molecule has 0 atom stereocenters. The molecule has 1 saturated carbocycles. The number of hydrogen-bond acceptors (Lipinski definition) is 4. The summed E-state index contributed by atoms with van der Waals surface area (Å²) in [6.07, 6.45) is 1.92. The molecule has 0 radical (unpaired) electrons. The van der Waals surface area contributed by atoms with Crippen LogP contribution in [-0.2, 0) is 15.0 Å². The van der Waals surface area contributed by atoms with Crippen molar-refractivity contribution in [3.63, 3.8) is 0 Å². The van der Waals surface area contributed by atoms with E-state index in [1.165, 1.54) is 5.69 Å². The van der Waals surface area contributed by atoms with Crippen LogP contribution in [-0.4, -0.2) is 49.4 Å². The molecule has 158 valence electrons. The van der Waals surface area contributed by atoms with Gasteiger partial charge in [0.25, 0.3) is 0 Å². The number of hydrazine groups is 1. The number of hydrogen-bond donors (Lipinski definition) is 2. The summed E-state index contributed by atoms with van der Waals surface area (Å²) in [7, 11) is 0. The second-order valence-electron chi connectivity index (χ2n) is 8.01. The minimum Gasteiger partial charge on any atom is -0.369 e. The van der Waals surface area contributed by atoms with Crippen LogP contribution in [0.2, 0.25) is 5.02 Å². The molecular weight excluding hydrogens is 400 g/mol. The number of para-hydroxylation sites is 1. The van der Waals surface area contributed by atoms with E-state index in [-0.39, 0.29) is 11.8 Å². The minimum atomic E-state index is -0.536. The van der Waals surface area contributed by atoms with Crippen molar-refractivity contribution in [1.82, 2.24) is 15.8 Å². The van der Waals surface area contributed by atoms with Crippen molar-refractivity contribution >= 4 is 29.1 Å². The topological polar surface area (TPSA) is 64.7 Å². The second kappa shape index (κ2) is 9.06. The molecular formula is C23H27ClN4O2. The Labute approximate surface area is 182 Å². The number of piperazine rings is 1. The average molecular weight is 427 g/mol. The predicted octanol–water partition coefficient (Wildman–Crippen LogP) is 2.73. The van der Waals surface area contributed by atoms with Crippen molar-refractivity contribution in [2.45, 2.75) is 24.7 Å². The number of carbonyl (C=O) groups excluding carboxylic acids is 2. The van der Waals surface area contributed by atoms with Crippen molar-refractivity contribution in [2.24, 2.45) is 0 Å². The first-order chi connectivity index (χ1) is 14.6. The van der Waals surface area contributed by atoms with E-state index in [4.69, 9.17) is 11.6 Å². The summed E-state index contributed by atoms with van der Waals surface area (Å²) in [6.45, 7) is 4.44. The van der Waals surface area contributed by atoms with Crippen LogP contribution in [0, 0.1) is 0 Å². The third-order valence-electron chi connectivity index (χ3n) is 6.05. The summed E-state index contributed by atoms with van der Waals surface area (Å²) >= 11 is 5.94. The normalized spacial score (nSPS) is 18.0. The minimum absolute atomic E-state index is 0.158. The number of carbonyl (C=O) groups is 2. The van der Waals surface area contributed by atoms with Crippen molar-refractivity contribution in [1.29, 1.82) is 0 Å². The molecule has 0 bridgehead atoms. The lowest BCUT2D eigenvalue weighted by molar-refractivity contribution is -0.130. The number of anilines is 1. The summed E-state index contributed by atoms with van der Waals surface area (Å²) in [4.78, 5) is 29.5. The highest BCUT2D eigenvalue weighted by atomic mass is 35.5. The van der Waals surface area contributed by atoms with E-state index >= 15 is 0 Å². The van der Waals surface area contributed by atoms with E-state index in [2.05, 4.69) is 44.9 Å². The lowest BCUT2D eigenvalue weighted by Gasteiger charge is -2.36. The molecule has 2 N–H and O–H groups in total. The zero-order valence-electron chi connectivity index (χ0n) is 16.9. The van der Waals surface area contributed by atoms with Gasteiger partial charge >= 0.3 is 0 Å². The number of halogens is 1. The predicted molar refractivity (Wildman–Crippen MR) is 118 cm³/mol. The van der Waals surface area contributed by atoms with E-state index in [9.17, 15) is 9.59 Å². The maximum absolute atomic E-state index is 12.6. The van der Waals surface area contributed by atoms with Crippen LogP contribution in [0.5, 0.6) is 0 Å². The molecule has 7 heteroatoms. The van der Waals surface area contributed by atoms with E-state index < -0.39 is 5.41 Å². The number of amides is 2. The van der Waals surface area contributed by atoms with E-state index in [1.54, 1.807) is 12.1 Å². The number of rotatable bonds is 6. The van der Waals surface area contributed by atoms with Gasteiger partial charge in [0.2, 0.25) is 11.8 Å². The van der Waals surface area contributed by atoms with Crippen LogP contribution >= 0.6 is 11.6 Å². The Kier molecular flexibility index (Phi) is 6.25. The van der Waals surface area contributed by atoms with Gasteiger partial charge in [-0.15, -0.1) is 0 Å². The van der Waals surface area contributed by atoms with Gasteiger partial charge in [-0.25, -0.2) is 0 Å². The van der Waals surface area contributed by atoms with Gasteiger partial charge in [0.15, 0.2) is 0 Å². The molecule has 0 spiro atoms. The van der Waals surface area contributed by atoms with Gasteiger partial charge in [-0.3, -0.25) is 25.3 Å². The quantitative estimate of drug-likeness (QED) is 0.697. The molecule has 4 rings (SSSR count). The first-order valence-corrected chi connectivity index (χ1v) is 10.8. The van der Waals surface area contributed by atoms with Gasteiger partial charge in [-0.05, 0) is 42.7 Å². The van der Waals surface area contributed by atoms with Crippen LogP contribution in [0.25, 0.3) is 0 Å². The smallest absolute Gasteiger partial charge is 0.249 e. The summed E-state index contributed by atoms with van der Waals surface area (Å²) in [5.74, 6) is -0.324. The molecule has 30 heavy (non-hydrogen) atoms. The zero-order valence-corrected chi connectivity index (χ0v) is 17.7. The van der Waals surface area contributed by atoms with Gasteiger partial charge in [-0.1, -0.05) is 41.9 Å². The van der Waals surface area contributed by atoms with Crippen molar-refractivity contribution in [3.8, 4) is 0 Å². The van der Waals surface area contributed by atoms with Gasteiger partial charge in [0.05, 0.1) is 5.41 Å². The SMILES string of the molecule is O=C(CCN1CCN(c2ccccc2)CC1)NNC(=O)C1(c2ccc(Cl)cc2)CC1. The molecule has 1 heterocycles. The fourth-order valence-corrected chi connectivity index (χ4v) is 4.10.